The lowest BCUT2D eigenvalue weighted by atomic mass is 9.98. The Labute approximate surface area is 111 Å². The third kappa shape index (κ3) is 2.75. The molecule has 1 unspecified atom stereocenters. The van der Waals surface area contributed by atoms with Gasteiger partial charge in [0.05, 0.1) is 22.2 Å². The van der Waals surface area contributed by atoms with Gasteiger partial charge in [0, 0.05) is 0 Å². The second-order valence-corrected chi connectivity index (χ2v) is 4.69. The first-order valence-corrected chi connectivity index (χ1v) is 6.13. The Hall–Kier alpha value is -1.51. The number of rotatable bonds is 3. The lowest BCUT2D eigenvalue weighted by molar-refractivity contribution is -0.138. The van der Waals surface area contributed by atoms with Gasteiger partial charge in [-0.1, -0.05) is 22.7 Å². The summed E-state index contributed by atoms with van der Waals surface area (Å²) in [6.45, 7) is 1.68. The summed E-state index contributed by atoms with van der Waals surface area (Å²) in [6.07, 6.45) is -4.43. The number of hydrazine groups is 1. The number of aryl methyl sites for hydroxylation is 1. The van der Waals surface area contributed by atoms with Crippen molar-refractivity contribution in [2.24, 2.45) is 5.84 Å². The van der Waals surface area contributed by atoms with Crippen LogP contribution in [-0.4, -0.2) is 9.59 Å². The second kappa shape index (κ2) is 5.24. The maximum Gasteiger partial charge on any atom is 0.416 e. The minimum absolute atomic E-state index is 0.0617. The van der Waals surface area contributed by atoms with Gasteiger partial charge in [0.2, 0.25) is 0 Å². The highest BCUT2D eigenvalue weighted by molar-refractivity contribution is 7.05. The van der Waals surface area contributed by atoms with Crippen LogP contribution in [0, 0.1) is 6.92 Å². The molecule has 1 heterocycles. The molecule has 0 fully saturated rings. The van der Waals surface area contributed by atoms with Crippen molar-refractivity contribution in [3.63, 3.8) is 0 Å². The number of hydrogen-bond acceptors (Lipinski definition) is 5. The van der Waals surface area contributed by atoms with Crippen LogP contribution in [-0.2, 0) is 6.18 Å². The molecule has 0 saturated heterocycles. The lowest BCUT2D eigenvalue weighted by Crippen LogP contribution is -2.30. The van der Waals surface area contributed by atoms with Gasteiger partial charge in [0.1, 0.15) is 0 Å². The average molecular weight is 288 g/mol. The van der Waals surface area contributed by atoms with Gasteiger partial charge in [-0.2, -0.15) is 13.2 Å². The minimum atomic E-state index is -4.43. The topological polar surface area (TPSA) is 63.8 Å². The first-order chi connectivity index (χ1) is 8.95. The molecule has 4 nitrogen and oxygen atoms in total. The molecule has 1 aromatic carbocycles. The van der Waals surface area contributed by atoms with Crippen LogP contribution in [0.5, 0.6) is 0 Å². The smallest absolute Gasteiger partial charge is 0.271 e. The van der Waals surface area contributed by atoms with Gasteiger partial charge in [-0.3, -0.25) is 5.84 Å². The third-order valence-electron chi connectivity index (χ3n) is 2.69. The largest absolute Gasteiger partial charge is 0.416 e. The van der Waals surface area contributed by atoms with Crippen molar-refractivity contribution in [2.45, 2.75) is 19.1 Å². The molecule has 0 amide bonds. The summed E-state index contributed by atoms with van der Waals surface area (Å²) in [5.74, 6) is 5.41. The fourth-order valence-electron chi connectivity index (χ4n) is 1.82. The van der Waals surface area contributed by atoms with Crippen molar-refractivity contribution in [3.8, 4) is 0 Å². The van der Waals surface area contributed by atoms with E-state index in [1.165, 1.54) is 12.1 Å². The highest BCUT2D eigenvalue weighted by atomic mass is 32.1. The summed E-state index contributed by atoms with van der Waals surface area (Å²) >= 11 is 1.03. The Balaban J connectivity index is 2.54. The molecule has 0 aliphatic rings. The minimum Gasteiger partial charge on any atom is -0.271 e. The summed E-state index contributed by atoms with van der Waals surface area (Å²) in [6, 6.07) is 4.53. The van der Waals surface area contributed by atoms with E-state index in [-0.39, 0.29) is 5.56 Å². The fourth-order valence-corrected chi connectivity index (χ4v) is 2.54. The van der Waals surface area contributed by atoms with Crippen LogP contribution >= 0.6 is 11.5 Å². The highest BCUT2D eigenvalue weighted by Crippen LogP contribution is 2.37. The number of nitrogens with zero attached hydrogens (tertiary/aromatic N) is 2. The van der Waals surface area contributed by atoms with E-state index >= 15 is 0 Å². The van der Waals surface area contributed by atoms with Crippen molar-refractivity contribution in [1.82, 2.24) is 15.0 Å². The number of alkyl halides is 3. The van der Waals surface area contributed by atoms with E-state index < -0.39 is 17.8 Å². The summed E-state index contributed by atoms with van der Waals surface area (Å²) in [5.41, 5.74) is 2.31. The van der Waals surface area contributed by atoms with Crippen LogP contribution in [0.2, 0.25) is 0 Å². The average Bonchev–Trinajstić information content (AvgIpc) is 2.76. The third-order valence-corrected chi connectivity index (χ3v) is 3.58. The number of aromatic nitrogens is 2. The van der Waals surface area contributed by atoms with E-state index in [2.05, 4.69) is 15.0 Å². The molecule has 1 atom stereocenters. The number of hydrogen-bond donors (Lipinski definition) is 2. The fraction of sp³-hybridized carbons (Fsp3) is 0.273. The molecule has 0 saturated carbocycles. The number of nitrogens with one attached hydrogen (secondary N) is 1. The Morgan fingerprint density at radius 1 is 1.32 bits per heavy atom. The molecule has 1 aromatic heterocycles. The van der Waals surface area contributed by atoms with Crippen molar-refractivity contribution in [3.05, 3.63) is 46.0 Å². The molecule has 102 valence electrons. The maximum atomic E-state index is 13.0. The van der Waals surface area contributed by atoms with E-state index in [1.54, 1.807) is 13.0 Å². The molecule has 0 bridgehead atoms. The monoisotopic (exact) mass is 288 g/mol. The quantitative estimate of drug-likeness (QED) is 0.672. The molecule has 19 heavy (non-hydrogen) atoms. The Bertz CT molecular complexity index is 567. The Morgan fingerprint density at radius 2 is 2.00 bits per heavy atom. The van der Waals surface area contributed by atoms with Gasteiger partial charge in [-0.25, -0.2) is 5.43 Å². The van der Waals surface area contributed by atoms with Gasteiger partial charge >= 0.3 is 6.18 Å². The molecule has 0 aliphatic heterocycles. The molecular weight excluding hydrogens is 277 g/mol. The first kappa shape index (κ1) is 13.9. The van der Waals surface area contributed by atoms with E-state index in [9.17, 15) is 13.2 Å². The Kier molecular flexibility index (Phi) is 3.83. The summed E-state index contributed by atoms with van der Waals surface area (Å²) in [5, 5.41) is 3.79. The van der Waals surface area contributed by atoms with E-state index in [4.69, 9.17) is 5.84 Å². The van der Waals surface area contributed by atoms with Gasteiger partial charge in [-0.05, 0) is 30.1 Å². The maximum absolute atomic E-state index is 13.0. The number of halogens is 3. The van der Waals surface area contributed by atoms with Gasteiger partial charge < -0.3 is 0 Å². The van der Waals surface area contributed by atoms with Crippen molar-refractivity contribution in [1.29, 1.82) is 0 Å². The van der Waals surface area contributed by atoms with Crippen LogP contribution < -0.4 is 11.3 Å². The standard InChI is InChI=1S/C11H11F3N4S/c1-6-10(19-18-17-6)9(16-15)7-4-2-3-5-8(7)11(12,13)14/h2-5,9,16H,15H2,1H3. The van der Waals surface area contributed by atoms with Crippen LogP contribution in [0.15, 0.2) is 24.3 Å². The van der Waals surface area contributed by atoms with Gasteiger partial charge in [-0.15, -0.1) is 5.10 Å². The van der Waals surface area contributed by atoms with E-state index in [0.29, 0.717) is 10.6 Å². The molecule has 2 rings (SSSR count). The zero-order chi connectivity index (χ0) is 14.0. The highest BCUT2D eigenvalue weighted by Gasteiger charge is 2.35. The molecule has 0 radical (unpaired) electrons. The normalized spacial score (nSPS) is 13.5. The van der Waals surface area contributed by atoms with Crippen LogP contribution in [0.3, 0.4) is 0 Å². The Morgan fingerprint density at radius 3 is 2.53 bits per heavy atom. The SMILES string of the molecule is Cc1nnsc1C(NN)c1ccccc1C(F)(F)F. The van der Waals surface area contributed by atoms with Crippen LogP contribution in [0.4, 0.5) is 13.2 Å². The van der Waals surface area contributed by atoms with Crippen LogP contribution in [0.1, 0.15) is 27.7 Å². The number of benzene rings is 1. The molecule has 8 heteroatoms. The molecule has 2 aromatic rings. The molecule has 0 spiro atoms. The first-order valence-electron chi connectivity index (χ1n) is 5.36. The zero-order valence-corrected chi connectivity index (χ0v) is 10.7. The molecular formula is C11H11F3N4S. The van der Waals surface area contributed by atoms with Crippen molar-refractivity contribution >= 4 is 11.5 Å². The lowest BCUT2D eigenvalue weighted by Gasteiger charge is -2.20. The van der Waals surface area contributed by atoms with Gasteiger partial charge in [0.25, 0.3) is 0 Å². The summed E-state index contributed by atoms with van der Waals surface area (Å²) in [7, 11) is 0. The van der Waals surface area contributed by atoms with E-state index in [1.807, 2.05) is 0 Å². The predicted molar refractivity (Wildman–Crippen MR) is 65.3 cm³/mol. The molecule has 0 aliphatic carbocycles. The van der Waals surface area contributed by atoms with E-state index in [0.717, 1.165) is 17.6 Å². The second-order valence-electron chi connectivity index (χ2n) is 3.91. The summed E-state index contributed by atoms with van der Waals surface area (Å²) in [4.78, 5) is 0.569. The van der Waals surface area contributed by atoms with Crippen molar-refractivity contribution in [2.75, 3.05) is 0 Å². The summed E-state index contributed by atoms with van der Waals surface area (Å²) < 4.78 is 42.7. The van der Waals surface area contributed by atoms with Crippen molar-refractivity contribution < 1.29 is 13.2 Å². The number of nitrogens with two attached hydrogens (primary N) is 1. The zero-order valence-electron chi connectivity index (χ0n) is 9.90. The van der Waals surface area contributed by atoms with Crippen LogP contribution in [0.25, 0.3) is 0 Å². The van der Waals surface area contributed by atoms with Gasteiger partial charge in [0.15, 0.2) is 0 Å². The molecule has 3 N–H and O–H groups in total. The predicted octanol–water partition coefficient (Wildman–Crippen LogP) is 2.42.